The average Bonchev–Trinajstić information content (AvgIpc) is 2.14. The Balaban J connectivity index is 0.00000144. The van der Waals surface area contributed by atoms with Crippen LogP contribution in [0.5, 0.6) is 5.75 Å². The number of hydrogen-bond acceptors (Lipinski definition) is 2. The smallest absolute Gasteiger partial charge is 0.416 e. The molecule has 1 atom stereocenters. The van der Waals surface area contributed by atoms with Gasteiger partial charge in [0.1, 0.15) is 5.75 Å². The van der Waals surface area contributed by atoms with Gasteiger partial charge in [0.25, 0.3) is 0 Å². The summed E-state index contributed by atoms with van der Waals surface area (Å²) in [7, 11) is 1.39. The molecule has 1 N–H and O–H groups in total. The zero-order chi connectivity index (χ0) is 11.8. The molecular weight excluding hydrogens is 255 g/mol. The van der Waals surface area contributed by atoms with Gasteiger partial charge in [0.15, 0.2) is 0 Å². The monoisotopic (exact) mass is 267 g/mol. The maximum atomic E-state index is 12.5. The second kappa shape index (κ2) is 5.14. The Morgan fingerprint density at radius 3 is 2.41 bits per heavy atom. The van der Waals surface area contributed by atoms with Crippen LogP contribution in [0.2, 0.25) is 0 Å². The van der Waals surface area contributed by atoms with Crippen LogP contribution in [0.3, 0.4) is 0 Å². The predicted octanol–water partition coefficient (Wildman–Crippen LogP) is 3.17. The van der Waals surface area contributed by atoms with Crippen molar-refractivity contribution in [2.45, 2.75) is 18.6 Å². The van der Waals surface area contributed by atoms with E-state index in [9.17, 15) is 13.2 Å². The number of hydrogen-bond donors (Lipinski definition) is 1. The first-order chi connectivity index (χ1) is 7.52. The Kier molecular flexibility index (Phi) is 4.27. The molecule has 1 heterocycles. The maximum absolute atomic E-state index is 12.5. The van der Waals surface area contributed by atoms with E-state index in [1.807, 2.05) is 0 Å². The van der Waals surface area contributed by atoms with Crippen molar-refractivity contribution in [3.63, 3.8) is 0 Å². The molecule has 0 amide bonds. The summed E-state index contributed by atoms with van der Waals surface area (Å²) < 4.78 is 42.4. The van der Waals surface area contributed by atoms with Crippen molar-refractivity contribution < 1.29 is 17.9 Å². The van der Waals surface area contributed by atoms with Crippen molar-refractivity contribution in [1.82, 2.24) is 5.32 Å². The van der Waals surface area contributed by atoms with Gasteiger partial charge in [-0.3, -0.25) is 0 Å². The molecule has 1 aliphatic rings. The molecule has 0 aromatic heterocycles. The lowest BCUT2D eigenvalue weighted by molar-refractivity contribution is -0.137. The van der Waals surface area contributed by atoms with E-state index in [1.165, 1.54) is 13.2 Å². The summed E-state index contributed by atoms with van der Waals surface area (Å²) >= 11 is 0. The quantitative estimate of drug-likeness (QED) is 0.889. The zero-order valence-corrected chi connectivity index (χ0v) is 9.99. The lowest BCUT2D eigenvalue weighted by Crippen LogP contribution is -2.35. The van der Waals surface area contributed by atoms with Crippen LogP contribution in [-0.2, 0) is 6.18 Å². The normalized spacial score (nSPS) is 19.2. The molecule has 0 saturated carbocycles. The number of alkyl halides is 3. The number of methoxy groups -OCH3 is 1. The number of nitrogens with one attached hydrogen (secondary N) is 1. The van der Waals surface area contributed by atoms with Crippen LogP contribution < -0.4 is 10.1 Å². The van der Waals surface area contributed by atoms with E-state index in [-0.39, 0.29) is 18.4 Å². The number of halogens is 4. The van der Waals surface area contributed by atoms with E-state index >= 15 is 0 Å². The van der Waals surface area contributed by atoms with Crippen LogP contribution in [0.4, 0.5) is 13.2 Å². The molecule has 2 nitrogen and oxygen atoms in total. The molecule has 17 heavy (non-hydrogen) atoms. The molecule has 0 aliphatic carbocycles. The van der Waals surface area contributed by atoms with Gasteiger partial charge in [-0.1, -0.05) is 6.07 Å². The van der Waals surface area contributed by atoms with Gasteiger partial charge in [-0.15, -0.1) is 12.4 Å². The predicted molar refractivity (Wildman–Crippen MR) is 60.6 cm³/mol. The van der Waals surface area contributed by atoms with Crippen LogP contribution in [0.25, 0.3) is 0 Å². The van der Waals surface area contributed by atoms with Crippen molar-refractivity contribution >= 4 is 12.4 Å². The molecule has 0 spiro atoms. The van der Waals surface area contributed by atoms with Crippen LogP contribution in [0, 0.1) is 0 Å². The molecule has 0 unspecified atom stereocenters. The third-order valence-corrected chi connectivity index (χ3v) is 2.76. The lowest BCUT2D eigenvalue weighted by atomic mass is 9.96. The zero-order valence-electron chi connectivity index (χ0n) is 9.17. The Morgan fingerprint density at radius 2 is 2.00 bits per heavy atom. The van der Waals surface area contributed by atoms with Gasteiger partial charge in [0, 0.05) is 11.6 Å². The Hall–Kier alpha value is -0.940. The fraction of sp³-hybridized carbons (Fsp3) is 0.455. The summed E-state index contributed by atoms with van der Waals surface area (Å²) in [4.78, 5) is 0. The molecule has 1 saturated heterocycles. The molecular formula is C11H13ClF3NO. The third kappa shape index (κ3) is 2.84. The molecule has 1 aliphatic heterocycles. The average molecular weight is 268 g/mol. The fourth-order valence-electron chi connectivity index (χ4n) is 1.73. The minimum atomic E-state index is -4.32. The summed E-state index contributed by atoms with van der Waals surface area (Å²) in [6, 6.07) is 3.75. The summed E-state index contributed by atoms with van der Waals surface area (Å²) in [6.07, 6.45) is -3.39. The summed E-state index contributed by atoms with van der Waals surface area (Å²) in [5.41, 5.74) is 0.120. The van der Waals surface area contributed by atoms with Gasteiger partial charge in [0.2, 0.25) is 0 Å². The van der Waals surface area contributed by atoms with Crippen molar-refractivity contribution in [2.24, 2.45) is 0 Å². The van der Waals surface area contributed by atoms with E-state index in [0.29, 0.717) is 5.75 Å². The van der Waals surface area contributed by atoms with Gasteiger partial charge < -0.3 is 10.1 Å². The maximum Gasteiger partial charge on any atom is 0.416 e. The third-order valence-electron chi connectivity index (χ3n) is 2.76. The Bertz CT molecular complexity index is 391. The topological polar surface area (TPSA) is 21.3 Å². The molecule has 6 heteroatoms. The number of ether oxygens (including phenoxy) is 1. The minimum Gasteiger partial charge on any atom is -0.496 e. The molecule has 1 aromatic rings. The highest BCUT2D eigenvalue weighted by Crippen LogP contribution is 2.36. The van der Waals surface area contributed by atoms with Crippen molar-refractivity contribution in [3.8, 4) is 5.75 Å². The summed E-state index contributed by atoms with van der Waals surface area (Å²) in [5, 5.41) is 3.13. The largest absolute Gasteiger partial charge is 0.496 e. The van der Waals surface area contributed by atoms with Crippen LogP contribution >= 0.6 is 12.4 Å². The summed E-state index contributed by atoms with van der Waals surface area (Å²) in [5.74, 6) is 0.298. The second-order valence-electron chi connectivity index (χ2n) is 3.75. The molecule has 96 valence electrons. The standard InChI is InChI=1S/C11H12F3NO.ClH/c1-16-10-6-7(11(12,13)14)2-3-8(10)9-4-5-15-9;/h2-3,6,9,15H,4-5H2,1H3;1H/t9-;/m1./s1. The van der Waals surface area contributed by atoms with Gasteiger partial charge in [-0.25, -0.2) is 0 Å². The number of benzene rings is 1. The first-order valence-electron chi connectivity index (χ1n) is 5.01. The lowest BCUT2D eigenvalue weighted by Gasteiger charge is -2.29. The molecule has 1 aromatic carbocycles. The Morgan fingerprint density at radius 1 is 1.35 bits per heavy atom. The molecule has 1 fully saturated rings. The highest BCUT2D eigenvalue weighted by atomic mass is 35.5. The SMILES string of the molecule is COc1cc(C(F)(F)F)ccc1[C@H]1CCN1.Cl. The van der Waals surface area contributed by atoms with Crippen molar-refractivity contribution in [3.05, 3.63) is 29.3 Å². The van der Waals surface area contributed by atoms with Crippen molar-refractivity contribution in [1.29, 1.82) is 0 Å². The first-order valence-corrected chi connectivity index (χ1v) is 5.01. The van der Waals surface area contributed by atoms with E-state index in [0.717, 1.165) is 30.7 Å². The molecule has 2 rings (SSSR count). The van der Waals surface area contributed by atoms with Crippen LogP contribution in [0.1, 0.15) is 23.6 Å². The fourth-order valence-corrected chi connectivity index (χ4v) is 1.73. The molecule has 0 radical (unpaired) electrons. The van der Waals surface area contributed by atoms with E-state index in [2.05, 4.69) is 5.32 Å². The van der Waals surface area contributed by atoms with E-state index < -0.39 is 11.7 Å². The second-order valence-corrected chi connectivity index (χ2v) is 3.75. The van der Waals surface area contributed by atoms with Gasteiger partial charge in [0.05, 0.1) is 12.7 Å². The van der Waals surface area contributed by atoms with Gasteiger partial charge >= 0.3 is 6.18 Å². The highest BCUT2D eigenvalue weighted by molar-refractivity contribution is 5.85. The highest BCUT2D eigenvalue weighted by Gasteiger charge is 2.32. The van der Waals surface area contributed by atoms with Gasteiger partial charge in [-0.2, -0.15) is 13.2 Å². The van der Waals surface area contributed by atoms with Gasteiger partial charge in [-0.05, 0) is 25.1 Å². The summed E-state index contributed by atoms with van der Waals surface area (Å²) in [6.45, 7) is 0.898. The minimum absolute atomic E-state index is 0. The Labute approximate surface area is 104 Å². The van der Waals surface area contributed by atoms with E-state index in [4.69, 9.17) is 4.74 Å². The van der Waals surface area contributed by atoms with Crippen LogP contribution in [0.15, 0.2) is 18.2 Å². The van der Waals surface area contributed by atoms with Crippen molar-refractivity contribution in [2.75, 3.05) is 13.7 Å². The van der Waals surface area contributed by atoms with Crippen LogP contribution in [-0.4, -0.2) is 13.7 Å². The number of rotatable bonds is 2. The first kappa shape index (κ1) is 14.1. The molecule has 0 bridgehead atoms. The van der Waals surface area contributed by atoms with E-state index in [1.54, 1.807) is 0 Å².